The molecule has 1 fully saturated rings. The van der Waals surface area contributed by atoms with E-state index in [-0.39, 0.29) is 0 Å². The lowest BCUT2D eigenvalue weighted by atomic mass is 10.00. The van der Waals surface area contributed by atoms with Crippen LogP contribution in [0.25, 0.3) is 0 Å². The van der Waals surface area contributed by atoms with E-state index >= 15 is 0 Å². The van der Waals surface area contributed by atoms with E-state index in [9.17, 15) is 9.59 Å². The molecule has 4 heteroatoms. The summed E-state index contributed by atoms with van der Waals surface area (Å²) in [6.07, 6.45) is 5.24. The highest BCUT2D eigenvalue weighted by Crippen LogP contribution is 2.12. The zero-order valence-corrected chi connectivity index (χ0v) is 9.59. The summed E-state index contributed by atoms with van der Waals surface area (Å²) >= 11 is 0. The minimum atomic E-state index is -0.736. The lowest BCUT2D eigenvalue weighted by Crippen LogP contribution is -2.02. The van der Waals surface area contributed by atoms with Crippen molar-refractivity contribution >= 4 is 11.8 Å². The van der Waals surface area contributed by atoms with E-state index in [1.165, 1.54) is 6.42 Å². The van der Waals surface area contributed by atoms with E-state index in [2.05, 4.69) is 4.89 Å². The first-order valence-electron chi connectivity index (χ1n) is 5.66. The molecule has 0 amide bonds. The molecule has 0 aliphatic heterocycles. The summed E-state index contributed by atoms with van der Waals surface area (Å²) in [7, 11) is 0. The molecule has 0 atom stereocenters. The first kappa shape index (κ1) is 13.4. The third-order valence-corrected chi connectivity index (χ3v) is 2.50. The van der Waals surface area contributed by atoms with E-state index in [0.29, 0.717) is 11.3 Å². The Morgan fingerprint density at radius 2 is 1.65 bits per heavy atom. The van der Waals surface area contributed by atoms with Gasteiger partial charge in [-0.15, -0.1) is 0 Å². The van der Waals surface area contributed by atoms with E-state index in [4.69, 9.17) is 5.26 Å². The van der Waals surface area contributed by atoms with Crippen molar-refractivity contribution in [2.75, 3.05) is 0 Å². The number of rotatable bonds is 1. The molecule has 1 aliphatic rings. The number of hydrogen-bond donors (Lipinski definition) is 1. The molecule has 1 saturated carbocycles. The molecule has 1 aromatic carbocycles. The largest absolute Gasteiger partial charge is 0.372 e. The van der Waals surface area contributed by atoms with Gasteiger partial charge in [-0.2, -0.15) is 5.26 Å². The van der Waals surface area contributed by atoms with E-state index in [1.807, 2.05) is 0 Å². The Bertz CT molecular complexity index is 351. The lowest BCUT2D eigenvalue weighted by molar-refractivity contribution is -0.182. The molecule has 1 N–H and O–H groups in total. The van der Waals surface area contributed by atoms with Gasteiger partial charge >= 0.3 is 5.97 Å². The van der Waals surface area contributed by atoms with Gasteiger partial charge in [0.25, 0.3) is 0 Å². The highest BCUT2D eigenvalue weighted by atomic mass is 17.1. The molecule has 2 rings (SSSR count). The first-order chi connectivity index (χ1) is 8.24. The Morgan fingerprint density at radius 3 is 2.06 bits per heavy atom. The Kier molecular flexibility index (Phi) is 5.96. The van der Waals surface area contributed by atoms with Gasteiger partial charge in [0.2, 0.25) is 0 Å². The zero-order chi connectivity index (χ0) is 12.5. The fourth-order valence-electron chi connectivity index (χ4n) is 1.57. The second-order valence-corrected chi connectivity index (χ2v) is 3.84. The smallest absolute Gasteiger partial charge is 0.300 e. The van der Waals surface area contributed by atoms with Crippen molar-refractivity contribution in [3.05, 3.63) is 35.9 Å². The van der Waals surface area contributed by atoms with Crippen LogP contribution < -0.4 is 0 Å². The molecule has 0 saturated heterocycles. The molecule has 0 unspecified atom stereocenters. The number of ketones is 1. The minimum absolute atomic E-state index is 0.338. The van der Waals surface area contributed by atoms with Gasteiger partial charge in [-0.1, -0.05) is 24.6 Å². The van der Waals surface area contributed by atoms with Gasteiger partial charge in [0.05, 0.1) is 5.56 Å². The summed E-state index contributed by atoms with van der Waals surface area (Å²) in [5, 5.41) is 7.94. The second kappa shape index (κ2) is 7.57. The van der Waals surface area contributed by atoms with Gasteiger partial charge in [0.1, 0.15) is 5.78 Å². The molecule has 4 nitrogen and oxygen atoms in total. The standard InChI is InChI=1S/C7H6O3.C6H10O/c8-7(10-9)6-4-2-1-3-5-6;7-6-4-2-1-3-5-6/h1-5,9H;1-5H2. The Balaban J connectivity index is 0.000000181. The topological polar surface area (TPSA) is 63.6 Å². The molecule has 1 aromatic rings. The maximum absolute atomic E-state index is 10.5. The van der Waals surface area contributed by atoms with E-state index in [1.54, 1.807) is 30.3 Å². The second-order valence-electron chi connectivity index (χ2n) is 3.84. The minimum Gasteiger partial charge on any atom is -0.300 e. The summed E-state index contributed by atoms with van der Waals surface area (Å²) in [5.41, 5.74) is 0.338. The average Bonchev–Trinajstić information content (AvgIpc) is 2.40. The van der Waals surface area contributed by atoms with Crippen molar-refractivity contribution in [1.29, 1.82) is 0 Å². The van der Waals surface area contributed by atoms with Crippen LogP contribution in [0.1, 0.15) is 42.5 Å². The van der Waals surface area contributed by atoms with Crippen molar-refractivity contribution in [2.24, 2.45) is 0 Å². The Labute approximate surface area is 100 Å². The van der Waals surface area contributed by atoms with Crippen molar-refractivity contribution < 1.29 is 19.7 Å². The van der Waals surface area contributed by atoms with Crippen molar-refractivity contribution in [3.63, 3.8) is 0 Å². The van der Waals surface area contributed by atoms with Gasteiger partial charge in [-0.25, -0.2) is 4.79 Å². The van der Waals surface area contributed by atoms with Crippen LogP contribution in [-0.4, -0.2) is 17.0 Å². The molecular weight excluding hydrogens is 220 g/mol. The van der Waals surface area contributed by atoms with Crippen LogP contribution in [0.3, 0.4) is 0 Å². The average molecular weight is 236 g/mol. The first-order valence-corrected chi connectivity index (χ1v) is 5.66. The third kappa shape index (κ3) is 5.26. The van der Waals surface area contributed by atoms with Crippen LogP contribution in [-0.2, 0) is 9.68 Å². The predicted octanol–water partition coefficient (Wildman–Crippen LogP) is 2.84. The highest BCUT2D eigenvalue weighted by molar-refractivity contribution is 5.88. The molecule has 17 heavy (non-hydrogen) atoms. The zero-order valence-electron chi connectivity index (χ0n) is 9.59. The normalized spacial score (nSPS) is 14.5. The molecule has 0 bridgehead atoms. The van der Waals surface area contributed by atoms with Crippen LogP contribution in [0, 0.1) is 0 Å². The van der Waals surface area contributed by atoms with Crippen LogP contribution in [0.15, 0.2) is 30.3 Å². The third-order valence-electron chi connectivity index (χ3n) is 2.50. The van der Waals surface area contributed by atoms with Crippen LogP contribution in [0.5, 0.6) is 0 Å². The monoisotopic (exact) mass is 236 g/mol. The van der Waals surface area contributed by atoms with Crippen molar-refractivity contribution in [2.45, 2.75) is 32.1 Å². The van der Waals surface area contributed by atoms with Crippen molar-refractivity contribution in [1.82, 2.24) is 0 Å². The molecule has 0 spiro atoms. The Morgan fingerprint density at radius 1 is 1.06 bits per heavy atom. The van der Waals surface area contributed by atoms with Gasteiger partial charge < -0.3 is 0 Å². The molecule has 0 heterocycles. The number of carbonyl (C=O) groups is 2. The summed E-state index contributed by atoms with van der Waals surface area (Å²) < 4.78 is 0. The molecule has 92 valence electrons. The predicted molar refractivity (Wildman–Crippen MR) is 62.6 cm³/mol. The van der Waals surface area contributed by atoms with E-state index < -0.39 is 5.97 Å². The number of hydrogen-bond acceptors (Lipinski definition) is 4. The summed E-state index contributed by atoms with van der Waals surface area (Å²) in [4.78, 5) is 24.5. The molecule has 0 aromatic heterocycles. The van der Waals surface area contributed by atoms with Gasteiger partial charge in [-0.05, 0) is 25.0 Å². The molecule has 0 radical (unpaired) electrons. The summed E-state index contributed by atoms with van der Waals surface area (Å²) in [6.45, 7) is 0. The van der Waals surface area contributed by atoms with E-state index in [0.717, 1.165) is 25.7 Å². The van der Waals surface area contributed by atoms with Gasteiger partial charge in [0, 0.05) is 12.8 Å². The SMILES string of the molecule is O=C(OO)c1ccccc1.O=C1CCCCC1. The summed E-state index contributed by atoms with van der Waals surface area (Å²) in [5.74, 6) is -0.271. The Hall–Kier alpha value is -1.68. The van der Waals surface area contributed by atoms with Crippen molar-refractivity contribution in [3.8, 4) is 0 Å². The van der Waals surface area contributed by atoms with Crippen LogP contribution in [0.4, 0.5) is 0 Å². The maximum atomic E-state index is 10.5. The maximum Gasteiger partial charge on any atom is 0.372 e. The number of Topliss-reactive ketones (excluding diaryl/α,β-unsaturated/α-hetero) is 1. The lowest BCUT2D eigenvalue weighted by Gasteiger charge is -2.05. The molecular formula is C13H16O4. The van der Waals surface area contributed by atoms with Crippen LogP contribution in [0.2, 0.25) is 0 Å². The number of benzene rings is 1. The van der Waals surface area contributed by atoms with Crippen LogP contribution >= 0.6 is 0 Å². The van der Waals surface area contributed by atoms with Gasteiger partial charge in [0.15, 0.2) is 0 Å². The summed E-state index contributed by atoms with van der Waals surface area (Å²) in [6, 6.07) is 8.25. The highest BCUT2D eigenvalue weighted by Gasteiger charge is 2.06. The fourth-order valence-corrected chi connectivity index (χ4v) is 1.57. The fraction of sp³-hybridized carbons (Fsp3) is 0.385. The molecule has 1 aliphatic carbocycles. The quantitative estimate of drug-likeness (QED) is 0.601. The number of carbonyl (C=O) groups excluding carboxylic acids is 2. The van der Waals surface area contributed by atoms with Gasteiger partial charge in [-0.3, -0.25) is 9.68 Å².